The summed E-state index contributed by atoms with van der Waals surface area (Å²) in [6, 6.07) is 10.7. The molecule has 4 heteroatoms. The van der Waals surface area contributed by atoms with Crippen LogP contribution in [0.4, 0.5) is 0 Å². The second kappa shape index (κ2) is 10.3. The smallest absolute Gasteiger partial charge is 0.193 e. The second-order valence-corrected chi connectivity index (χ2v) is 6.33. The maximum absolute atomic E-state index is 5.43. The van der Waals surface area contributed by atoms with Crippen LogP contribution < -0.4 is 5.32 Å². The van der Waals surface area contributed by atoms with E-state index in [4.69, 9.17) is 4.74 Å². The molecule has 0 unspecified atom stereocenters. The lowest BCUT2D eigenvalue weighted by Gasteiger charge is -2.26. The second-order valence-electron chi connectivity index (χ2n) is 6.33. The summed E-state index contributed by atoms with van der Waals surface area (Å²) in [5.74, 6) is 1.81. The number of rotatable bonds is 7. The highest BCUT2D eigenvalue weighted by atomic mass is 16.5. The Morgan fingerprint density at radius 2 is 2.00 bits per heavy atom. The molecule has 1 aliphatic rings. The van der Waals surface area contributed by atoms with Crippen LogP contribution in [-0.2, 0) is 11.2 Å². The summed E-state index contributed by atoms with van der Waals surface area (Å²) in [6.45, 7) is 3.88. The van der Waals surface area contributed by atoms with E-state index in [0.29, 0.717) is 0 Å². The van der Waals surface area contributed by atoms with E-state index in [-0.39, 0.29) is 0 Å². The third-order valence-electron chi connectivity index (χ3n) is 4.56. The minimum atomic E-state index is 0.808. The van der Waals surface area contributed by atoms with Crippen molar-refractivity contribution in [3.05, 3.63) is 35.9 Å². The molecule has 23 heavy (non-hydrogen) atoms. The summed E-state index contributed by atoms with van der Waals surface area (Å²) < 4.78 is 5.43. The van der Waals surface area contributed by atoms with Gasteiger partial charge in [0.2, 0.25) is 0 Å². The average molecular weight is 317 g/mol. The first-order chi connectivity index (χ1) is 11.3. The van der Waals surface area contributed by atoms with Crippen molar-refractivity contribution in [1.29, 1.82) is 0 Å². The number of aliphatic imine (C=N–C) groups is 1. The molecule has 0 saturated carbocycles. The van der Waals surface area contributed by atoms with Gasteiger partial charge in [-0.1, -0.05) is 30.3 Å². The quantitative estimate of drug-likeness (QED) is 0.477. The first-order valence-corrected chi connectivity index (χ1v) is 8.83. The Balaban J connectivity index is 1.63. The maximum atomic E-state index is 5.43. The number of nitrogens with one attached hydrogen (secondary N) is 1. The van der Waals surface area contributed by atoms with Gasteiger partial charge in [-0.25, -0.2) is 0 Å². The summed E-state index contributed by atoms with van der Waals surface area (Å²) in [7, 11) is 4.00. The van der Waals surface area contributed by atoms with Gasteiger partial charge >= 0.3 is 0 Å². The van der Waals surface area contributed by atoms with E-state index in [1.165, 1.54) is 24.8 Å². The van der Waals surface area contributed by atoms with Gasteiger partial charge in [-0.15, -0.1) is 0 Å². The van der Waals surface area contributed by atoms with Crippen molar-refractivity contribution in [1.82, 2.24) is 10.2 Å². The van der Waals surface area contributed by atoms with Crippen molar-refractivity contribution in [2.75, 3.05) is 40.4 Å². The zero-order chi connectivity index (χ0) is 16.3. The van der Waals surface area contributed by atoms with Gasteiger partial charge in [0.15, 0.2) is 5.96 Å². The summed E-state index contributed by atoms with van der Waals surface area (Å²) >= 11 is 0. The molecular formula is C19H31N3O. The van der Waals surface area contributed by atoms with E-state index >= 15 is 0 Å². The Morgan fingerprint density at radius 3 is 2.70 bits per heavy atom. The molecule has 1 saturated heterocycles. The fraction of sp³-hybridized carbons (Fsp3) is 0.632. The predicted molar refractivity (Wildman–Crippen MR) is 96.9 cm³/mol. The third-order valence-corrected chi connectivity index (χ3v) is 4.56. The summed E-state index contributed by atoms with van der Waals surface area (Å²) in [4.78, 5) is 6.65. The minimum absolute atomic E-state index is 0.808. The van der Waals surface area contributed by atoms with E-state index in [9.17, 15) is 0 Å². The van der Waals surface area contributed by atoms with Gasteiger partial charge in [0.25, 0.3) is 0 Å². The molecular weight excluding hydrogens is 286 g/mol. The number of nitrogens with zero attached hydrogens (tertiary/aromatic N) is 2. The number of aryl methyl sites for hydroxylation is 1. The maximum Gasteiger partial charge on any atom is 0.193 e. The molecule has 4 nitrogen and oxygen atoms in total. The van der Waals surface area contributed by atoms with Crippen LogP contribution in [0.2, 0.25) is 0 Å². The molecule has 1 N–H and O–H groups in total. The molecule has 0 spiro atoms. The normalized spacial score (nSPS) is 16.3. The van der Waals surface area contributed by atoms with Crippen molar-refractivity contribution >= 4 is 5.96 Å². The zero-order valence-corrected chi connectivity index (χ0v) is 14.6. The Bertz CT molecular complexity index is 455. The lowest BCUT2D eigenvalue weighted by Crippen LogP contribution is -2.40. The molecule has 0 aromatic heterocycles. The number of hydrogen-bond acceptors (Lipinski definition) is 2. The highest BCUT2D eigenvalue weighted by Gasteiger charge is 2.15. The molecule has 1 fully saturated rings. The van der Waals surface area contributed by atoms with E-state index in [2.05, 4.69) is 52.6 Å². The van der Waals surface area contributed by atoms with Gasteiger partial charge in [-0.3, -0.25) is 4.99 Å². The van der Waals surface area contributed by atoms with Crippen molar-refractivity contribution in [2.45, 2.75) is 32.1 Å². The average Bonchev–Trinajstić information content (AvgIpc) is 2.61. The number of ether oxygens (including phenoxy) is 1. The predicted octanol–water partition coefficient (Wildman–Crippen LogP) is 2.94. The molecule has 0 amide bonds. The monoisotopic (exact) mass is 317 g/mol. The van der Waals surface area contributed by atoms with Gasteiger partial charge in [-0.05, 0) is 43.6 Å². The lowest BCUT2D eigenvalue weighted by molar-refractivity contribution is 0.0625. The number of benzene rings is 1. The van der Waals surface area contributed by atoms with Crippen molar-refractivity contribution in [3.8, 4) is 0 Å². The Hall–Kier alpha value is -1.55. The van der Waals surface area contributed by atoms with Crippen LogP contribution in [0.25, 0.3) is 0 Å². The van der Waals surface area contributed by atoms with Crippen LogP contribution in [0, 0.1) is 5.92 Å². The standard InChI is InChI=1S/C19H31N3O/c1-20-19(21-13-6-9-17-7-4-3-5-8-17)22(2)14-10-18-11-15-23-16-12-18/h3-5,7-8,18H,6,9-16H2,1-2H3,(H,20,21). The van der Waals surface area contributed by atoms with Gasteiger partial charge in [0.05, 0.1) is 0 Å². The molecule has 1 aromatic rings. The Labute approximate surface area is 140 Å². The highest BCUT2D eigenvalue weighted by molar-refractivity contribution is 5.79. The van der Waals surface area contributed by atoms with Crippen molar-refractivity contribution in [2.24, 2.45) is 10.9 Å². The molecule has 0 radical (unpaired) electrons. The molecule has 0 atom stereocenters. The SMILES string of the molecule is CN=C(NCCCc1ccccc1)N(C)CCC1CCOCC1. The lowest BCUT2D eigenvalue weighted by atomic mass is 9.96. The third kappa shape index (κ3) is 6.61. The van der Waals surface area contributed by atoms with E-state index in [1.807, 2.05) is 7.05 Å². The van der Waals surface area contributed by atoms with E-state index in [0.717, 1.165) is 51.0 Å². The van der Waals surface area contributed by atoms with Crippen LogP contribution in [0.3, 0.4) is 0 Å². The van der Waals surface area contributed by atoms with E-state index in [1.54, 1.807) is 0 Å². The molecule has 1 aliphatic heterocycles. The van der Waals surface area contributed by atoms with Gasteiger partial charge in [0, 0.05) is 40.4 Å². The Kier molecular flexibility index (Phi) is 7.95. The summed E-state index contributed by atoms with van der Waals surface area (Å²) in [5, 5.41) is 3.48. The molecule has 2 rings (SSSR count). The van der Waals surface area contributed by atoms with Crippen LogP contribution in [0.15, 0.2) is 35.3 Å². The first-order valence-electron chi connectivity index (χ1n) is 8.83. The van der Waals surface area contributed by atoms with Gasteiger partial charge in [0.1, 0.15) is 0 Å². The largest absolute Gasteiger partial charge is 0.381 e. The molecule has 1 aromatic carbocycles. The zero-order valence-electron chi connectivity index (χ0n) is 14.6. The first kappa shape index (κ1) is 17.8. The molecule has 128 valence electrons. The van der Waals surface area contributed by atoms with Gasteiger partial charge < -0.3 is 15.0 Å². The number of guanidine groups is 1. The summed E-state index contributed by atoms with van der Waals surface area (Å²) in [5.41, 5.74) is 1.40. The highest BCUT2D eigenvalue weighted by Crippen LogP contribution is 2.18. The van der Waals surface area contributed by atoms with Crippen molar-refractivity contribution < 1.29 is 4.74 Å². The number of hydrogen-bond donors (Lipinski definition) is 1. The topological polar surface area (TPSA) is 36.9 Å². The Morgan fingerprint density at radius 1 is 1.26 bits per heavy atom. The van der Waals surface area contributed by atoms with Crippen LogP contribution >= 0.6 is 0 Å². The molecule has 0 bridgehead atoms. The molecule has 0 aliphatic carbocycles. The summed E-state index contributed by atoms with van der Waals surface area (Å²) in [6.07, 6.45) is 5.87. The van der Waals surface area contributed by atoms with Crippen LogP contribution in [-0.4, -0.2) is 51.3 Å². The van der Waals surface area contributed by atoms with E-state index < -0.39 is 0 Å². The molecule has 1 heterocycles. The van der Waals surface area contributed by atoms with Crippen LogP contribution in [0.5, 0.6) is 0 Å². The van der Waals surface area contributed by atoms with Crippen LogP contribution in [0.1, 0.15) is 31.2 Å². The minimum Gasteiger partial charge on any atom is -0.381 e. The van der Waals surface area contributed by atoms with Gasteiger partial charge in [-0.2, -0.15) is 0 Å². The van der Waals surface area contributed by atoms with Crippen molar-refractivity contribution in [3.63, 3.8) is 0 Å². The fourth-order valence-electron chi connectivity index (χ4n) is 3.04. The fourth-order valence-corrected chi connectivity index (χ4v) is 3.04.